The molecule has 0 aliphatic heterocycles. The van der Waals surface area contributed by atoms with Crippen molar-refractivity contribution in [3.05, 3.63) is 24.2 Å². The van der Waals surface area contributed by atoms with Crippen molar-refractivity contribution < 1.29 is 9.84 Å². The maximum Gasteiger partial charge on any atom is 0.157 e. The molecule has 0 saturated heterocycles. The molecule has 2 heterocycles. The zero-order valence-corrected chi connectivity index (χ0v) is 12.5. The molecular weight excluding hydrogens is 242 g/mol. The third-order valence-electron chi connectivity index (χ3n) is 2.81. The summed E-state index contributed by atoms with van der Waals surface area (Å²) in [6.07, 6.45) is 3.07. The second kappa shape index (κ2) is 6.02. The Morgan fingerprint density at radius 2 is 1.95 bits per heavy atom. The summed E-state index contributed by atoms with van der Waals surface area (Å²) >= 11 is 0. The van der Waals surface area contributed by atoms with E-state index >= 15 is 0 Å². The van der Waals surface area contributed by atoms with Gasteiger partial charge in [0.25, 0.3) is 0 Å². The molecule has 0 aliphatic carbocycles. The molecule has 0 saturated carbocycles. The molecule has 0 bridgehead atoms. The fourth-order valence-electron chi connectivity index (χ4n) is 1.39. The molecule has 0 radical (unpaired) electrons. The molecule has 0 aromatic carbocycles. The molecule has 0 amide bonds. The molecule has 0 aliphatic rings. The quantitative estimate of drug-likeness (QED) is 0.926. The highest BCUT2D eigenvalue weighted by atomic mass is 16.5. The predicted octanol–water partition coefficient (Wildman–Crippen LogP) is 2.60. The maximum atomic E-state index is 9.80. The first-order chi connectivity index (χ1) is 8.88. The van der Waals surface area contributed by atoms with Crippen LogP contribution in [0.4, 0.5) is 0 Å². The first-order valence-electron chi connectivity index (χ1n) is 6.57. The lowest BCUT2D eigenvalue weighted by Gasteiger charge is -2.26. The van der Waals surface area contributed by atoms with Gasteiger partial charge in [-0.3, -0.25) is 0 Å². The number of rotatable bonds is 3. The number of fused-ring (bicyclic) bond motifs is 1. The summed E-state index contributed by atoms with van der Waals surface area (Å²) in [5, 5.41) is 14.0. The Balaban J connectivity index is 0.000000861. The smallest absolute Gasteiger partial charge is 0.157 e. The Morgan fingerprint density at radius 1 is 1.32 bits per heavy atom. The number of hydrogen-bond donors (Lipinski definition) is 1. The Morgan fingerprint density at radius 3 is 2.53 bits per heavy atom. The van der Waals surface area contributed by atoms with Gasteiger partial charge in [-0.2, -0.15) is 5.10 Å². The van der Waals surface area contributed by atoms with Gasteiger partial charge in [0.2, 0.25) is 0 Å². The minimum absolute atomic E-state index is 0.317. The molecule has 0 unspecified atom stereocenters. The summed E-state index contributed by atoms with van der Waals surface area (Å²) in [6, 6.07) is 1.81. The number of aryl methyl sites for hydroxylation is 1. The third-order valence-corrected chi connectivity index (χ3v) is 2.81. The Bertz CT molecular complexity index is 529. The first kappa shape index (κ1) is 15.4. The minimum Gasteiger partial charge on any atom is -0.486 e. The topological polar surface area (TPSA) is 59.7 Å². The van der Waals surface area contributed by atoms with Crippen molar-refractivity contribution in [1.82, 2.24) is 14.6 Å². The fraction of sp³-hybridized carbons (Fsp3) is 0.571. The van der Waals surface area contributed by atoms with Crippen LogP contribution in [0.3, 0.4) is 0 Å². The summed E-state index contributed by atoms with van der Waals surface area (Å²) in [4.78, 5) is 4.21. The second-order valence-electron chi connectivity index (χ2n) is 4.77. The number of imidazole rings is 1. The van der Waals surface area contributed by atoms with Gasteiger partial charge in [0.05, 0.1) is 23.7 Å². The Labute approximate surface area is 114 Å². The van der Waals surface area contributed by atoms with E-state index in [-0.39, 0.29) is 6.10 Å². The van der Waals surface area contributed by atoms with Gasteiger partial charge in [-0.1, -0.05) is 13.8 Å². The van der Waals surface area contributed by atoms with E-state index in [2.05, 4.69) is 10.1 Å². The summed E-state index contributed by atoms with van der Waals surface area (Å²) in [5.74, 6) is 0.609. The van der Waals surface area contributed by atoms with E-state index in [4.69, 9.17) is 4.74 Å². The van der Waals surface area contributed by atoms with Gasteiger partial charge in [0.15, 0.2) is 5.65 Å². The molecule has 19 heavy (non-hydrogen) atoms. The molecule has 1 N–H and O–H groups in total. The van der Waals surface area contributed by atoms with Gasteiger partial charge in [-0.05, 0) is 27.7 Å². The SMILES string of the molecule is CC.Cc1cnc2cc(O[C@@H](C)C(C)(C)O)cnn12. The van der Waals surface area contributed by atoms with Crippen molar-refractivity contribution in [3.8, 4) is 5.75 Å². The average Bonchev–Trinajstić information content (AvgIpc) is 2.72. The van der Waals surface area contributed by atoms with Crippen LogP contribution in [0, 0.1) is 6.92 Å². The molecule has 5 nitrogen and oxygen atoms in total. The van der Waals surface area contributed by atoms with E-state index in [0.29, 0.717) is 5.75 Å². The zero-order chi connectivity index (χ0) is 14.6. The van der Waals surface area contributed by atoms with Crippen LogP contribution in [0.1, 0.15) is 40.3 Å². The average molecular weight is 265 g/mol. The van der Waals surface area contributed by atoms with E-state index in [9.17, 15) is 5.11 Å². The highest BCUT2D eigenvalue weighted by molar-refractivity contribution is 5.43. The second-order valence-corrected chi connectivity index (χ2v) is 4.77. The molecule has 0 fully saturated rings. The minimum atomic E-state index is -0.891. The Kier molecular flexibility index (Phi) is 4.89. The molecule has 1 atom stereocenters. The van der Waals surface area contributed by atoms with Crippen LogP contribution in [-0.4, -0.2) is 31.4 Å². The number of aliphatic hydroxyl groups is 1. The lowest BCUT2D eigenvalue weighted by Crippen LogP contribution is -2.37. The van der Waals surface area contributed by atoms with E-state index in [1.54, 1.807) is 30.8 Å². The van der Waals surface area contributed by atoms with Gasteiger partial charge in [-0.15, -0.1) is 0 Å². The van der Waals surface area contributed by atoms with Crippen molar-refractivity contribution in [1.29, 1.82) is 0 Å². The van der Waals surface area contributed by atoms with Crippen molar-refractivity contribution in [2.75, 3.05) is 0 Å². The van der Waals surface area contributed by atoms with E-state index in [1.165, 1.54) is 0 Å². The normalized spacial score (nSPS) is 12.8. The number of ether oxygens (including phenoxy) is 1. The van der Waals surface area contributed by atoms with Crippen molar-refractivity contribution in [3.63, 3.8) is 0 Å². The summed E-state index contributed by atoms with van der Waals surface area (Å²) in [6.45, 7) is 11.2. The fourth-order valence-corrected chi connectivity index (χ4v) is 1.39. The monoisotopic (exact) mass is 265 g/mol. The third kappa shape index (κ3) is 3.67. The molecule has 2 aromatic heterocycles. The molecule has 5 heteroatoms. The Hall–Kier alpha value is -1.62. The van der Waals surface area contributed by atoms with Crippen LogP contribution in [0.2, 0.25) is 0 Å². The van der Waals surface area contributed by atoms with E-state index < -0.39 is 5.60 Å². The summed E-state index contributed by atoms with van der Waals surface area (Å²) in [5.41, 5.74) is 0.822. The highest BCUT2D eigenvalue weighted by Crippen LogP contribution is 2.19. The van der Waals surface area contributed by atoms with E-state index in [0.717, 1.165) is 11.3 Å². The maximum absolute atomic E-state index is 9.80. The highest BCUT2D eigenvalue weighted by Gasteiger charge is 2.24. The first-order valence-corrected chi connectivity index (χ1v) is 6.57. The standard InChI is InChI=1S/C12H17N3O2.C2H6/c1-8-6-13-11-5-10(7-14-15(8)11)17-9(2)12(3,4)16;1-2/h5-7,9,16H,1-4H3;1-2H3/t9-;/m0./s1. The van der Waals surface area contributed by atoms with Crippen molar-refractivity contribution in [2.45, 2.75) is 53.2 Å². The lowest BCUT2D eigenvalue weighted by atomic mass is 10.0. The molecule has 2 aromatic rings. The van der Waals surface area contributed by atoms with Crippen LogP contribution >= 0.6 is 0 Å². The summed E-state index contributed by atoms with van der Waals surface area (Å²) in [7, 11) is 0. The van der Waals surface area contributed by atoms with Gasteiger partial charge in [-0.25, -0.2) is 9.50 Å². The van der Waals surface area contributed by atoms with Crippen molar-refractivity contribution >= 4 is 5.65 Å². The molecule has 2 rings (SSSR count). The number of hydrogen-bond acceptors (Lipinski definition) is 4. The predicted molar refractivity (Wildman–Crippen MR) is 75.5 cm³/mol. The summed E-state index contributed by atoms with van der Waals surface area (Å²) < 4.78 is 7.37. The lowest BCUT2D eigenvalue weighted by molar-refractivity contribution is -0.0243. The van der Waals surface area contributed by atoms with Crippen molar-refractivity contribution in [2.24, 2.45) is 0 Å². The van der Waals surface area contributed by atoms with Crippen LogP contribution < -0.4 is 4.74 Å². The zero-order valence-electron chi connectivity index (χ0n) is 12.5. The van der Waals surface area contributed by atoms with Crippen LogP contribution in [0.15, 0.2) is 18.5 Å². The van der Waals surface area contributed by atoms with Crippen LogP contribution in [0.5, 0.6) is 5.75 Å². The van der Waals surface area contributed by atoms with Gasteiger partial charge < -0.3 is 9.84 Å². The largest absolute Gasteiger partial charge is 0.486 e. The van der Waals surface area contributed by atoms with Gasteiger partial charge in [0, 0.05) is 6.07 Å². The molecule has 0 spiro atoms. The van der Waals surface area contributed by atoms with Gasteiger partial charge in [0.1, 0.15) is 11.9 Å². The number of nitrogens with zero attached hydrogens (tertiary/aromatic N) is 3. The molecular formula is C14H23N3O2. The van der Waals surface area contributed by atoms with Crippen LogP contribution in [0.25, 0.3) is 5.65 Å². The van der Waals surface area contributed by atoms with E-state index in [1.807, 2.05) is 33.8 Å². The van der Waals surface area contributed by atoms with Gasteiger partial charge >= 0.3 is 0 Å². The number of aromatic nitrogens is 3. The van der Waals surface area contributed by atoms with Crippen LogP contribution in [-0.2, 0) is 0 Å². The molecule has 106 valence electrons.